The Morgan fingerprint density at radius 1 is 1.30 bits per heavy atom. The number of aryl methyl sites for hydroxylation is 1. The Morgan fingerprint density at radius 2 is 2.00 bits per heavy atom. The SMILES string of the molecule is CCOC(=O)N1CCN(c2cc(C)nc(NC(C)CC)n2)CC1. The molecule has 1 atom stereocenters. The molecule has 23 heavy (non-hydrogen) atoms. The van der Waals surface area contributed by atoms with Crippen molar-refractivity contribution in [2.45, 2.75) is 40.2 Å². The molecule has 2 rings (SSSR count). The van der Waals surface area contributed by atoms with Gasteiger partial charge in [0.2, 0.25) is 5.95 Å². The monoisotopic (exact) mass is 321 g/mol. The minimum atomic E-state index is -0.231. The average Bonchev–Trinajstić information content (AvgIpc) is 2.54. The molecule has 7 nitrogen and oxygen atoms in total. The molecule has 1 N–H and O–H groups in total. The van der Waals surface area contributed by atoms with Crippen molar-refractivity contribution in [1.82, 2.24) is 14.9 Å². The number of nitrogens with zero attached hydrogens (tertiary/aromatic N) is 4. The van der Waals surface area contributed by atoms with Crippen molar-refractivity contribution in [3.63, 3.8) is 0 Å². The van der Waals surface area contributed by atoms with Gasteiger partial charge in [-0.25, -0.2) is 9.78 Å². The highest BCUT2D eigenvalue weighted by Gasteiger charge is 2.23. The summed E-state index contributed by atoms with van der Waals surface area (Å²) < 4.78 is 5.05. The van der Waals surface area contributed by atoms with Gasteiger partial charge in [-0.3, -0.25) is 0 Å². The number of rotatable bonds is 5. The first-order chi connectivity index (χ1) is 11.0. The van der Waals surface area contributed by atoms with Gasteiger partial charge in [0.1, 0.15) is 5.82 Å². The van der Waals surface area contributed by atoms with E-state index in [1.807, 2.05) is 19.9 Å². The summed E-state index contributed by atoms with van der Waals surface area (Å²) in [5.41, 5.74) is 0.939. The maximum Gasteiger partial charge on any atom is 0.409 e. The van der Waals surface area contributed by atoms with Crippen LogP contribution in [0.1, 0.15) is 32.9 Å². The van der Waals surface area contributed by atoms with Crippen LogP contribution in [0.3, 0.4) is 0 Å². The predicted octanol–water partition coefficient (Wildman–Crippen LogP) is 2.27. The van der Waals surface area contributed by atoms with Gasteiger partial charge in [-0.15, -0.1) is 0 Å². The fourth-order valence-electron chi connectivity index (χ4n) is 2.43. The first kappa shape index (κ1) is 17.3. The summed E-state index contributed by atoms with van der Waals surface area (Å²) in [6.07, 6.45) is 0.787. The van der Waals surface area contributed by atoms with Crippen molar-refractivity contribution in [3.05, 3.63) is 11.8 Å². The van der Waals surface area contributed by atoms with E-state index in [2.05, 4.69) is 34.0 Å². The standard InChI is InChI=1S/C16H27N5O2/c1-5-12(3)17-15-18-13(4)11-14(19-15)20-7-9-21(10-8-20)16(22)23-6-2/h11-12H,5-10H2,1-4H3,(H,17,18,19). The smallest absolute Gasteiger partial charge is 0.409 e. The van der Waals surface area contributed by atoms with Crippen LogP contribution in [0.4, 0.5) is 16.6 Å². The molecule has 7 heteroatoms. The molecule has 2 heterocycles. The summed E-state index contributed by atoms with van der Waals surface area (Å²) in [6, 6.07) is 2.33. The number of carbonyl (C=O) groups excluding carboxylic acids is 1. The third kappa shape index (κ3) is 4.71. The van der Waals surface area contributed by atoms with E-state index in [1.165, 1.54) is 0 Å². The van der Waals surface area contributed by atoms with Gasteiger partial charge < -0.3 is 19.9 Å². The number of amides is 1. The third-order valence-electron chi connectivity index (χ3n) is 3.96. The molecule has 1 aromatic heterocycles. The Kier molecular flexibility index (Phi) is 6.01. The molecule has 0 aromatic carbocycles. The molecule has 128 valence electrons. The van der Waals surface area contributed by atoms with E-state index in [0.717, 1.165) is 31.0 Å². The lowest BCUT2D eigenvalue weighted by Crippen LogP contribution is -2.49. The molecule has 0 radical (unpaired) electrons. The Balaban J connectivity index is 2.01. The second-order valence-electron chi connectivity index (χ2n) is 5.82. The molecule has 1 unspecified atom stereocenters. The summed E-state index contributed by atoms with van der Waals surface area (Å²) in [5, 5.41) is 3.32. The number of hydrogen-bond donors (Lipinski definition) is 1. The quantitative estimate of drug-likeness (QED) is 0.897. The minimum Gasteiger partial charge on any atom is -0.450 e. The molecular formula is C16H27N5O2. The summed E-state index contributed by atoms with van der Waals surface area (Å²) in [5.74, 6) is 1.58. The molecular weight excluding hydrogens is 294 g/mol. The highest BCUT2D eigenvalue weighted by molar-refractivity contribution is 5.68. The molecule has 1 aliphatic heterocycles. The van der Waals surface area contributed by atoms with Crippen molar-refractivity contribution >= 4 is 17.9 Å². The molecule has 1 aliphatic rings. The first-order valence-corrected chi connectivity index (χ1v) is 8.32. The van der Waals surface area contributed by atoms with Crippen LogP contribution in [-0.2, 0) is 4.74 Å². The molecule has 1 aromatic rings. The third-order valence-corrected chi connectivity index (χ3v) is 3.96. The van der Waals surface area contributed by atoms with Crippen molar-refractivity contribution in [3.8, 4) is 0 Å². The van der Waals surface area contributed by atoms with Gasteiger partial charge in [-0.2, -0.15) is 4.98 Å². The normalized spacial score (nSPS) is 16.2. The lowest BCUT2D eigenvalue weighted by Gasteiger charge is -2.34. The summed E-state index contributed by atoms with van der Waals surface area (Å²) in [4.78, 5) is 24.8. The molecule has 0 bridgehead atoms. The summed E-state index contributed by atoms with van der Waals surface area (Å²) in [6.45, 7) is 11.2. The molecule has 0 spiro atoms. The van der Waals surface area contributed by atoms with Crippen molar-refractivity contribution in [2.75, 3.05) is 43.0 Å². The lowest BCUT2D eigenvalue weighted by molar-refractivity contribution is 0.105. The Bertz CT molecular complexity index is 529. The second kappa shape index (κ2) is 7.99. The Hall–Kier alpha value is -2.05. The zero-order chi connectivity index (χ0) is 16.8. The number of piperazine rings is 1. The van der Waals surface area contributed by atoms with E-state index >= 15 is 0 Å². The van der Waals surface area contributed by atoms with Crippen molar-refractivity contribution in [1.29, 1.82) is 0 Å². The van der Waals surface area contributed by atoms with Crippen LogP contribution in [-0.4, -0.2) is 59.8 Å². The zero-order valence-electron chi connectivity index (χ0n) is 14.5. The van der Waals surface area contributed by atoms with E-state index < -0.39 is 0 Å². The van der Waals surface area contributed by atoms with E-state index in [9.17, 15) is 4.79 Å². The van der Waals surface area contributed by atoms with Crippen LogP contribution >= 0.6 is 0 Å². The number of hydrogen-bond acceptors (Lipinski definition) is 6. The topological polar surface area (TPSA) is 70.6 Å². The van der Waals surface area contributed by atoms with Crippen LogP contribution in [0, 0.1) is 6.92 Å². The predicted molar refractivity (Wildman–Crippen MR) is 91.0 cm³/mol. The van der Waals surface area contributed by atoms with Gasteiger partial charge in [0.25, 0.3) is 0 Å². The number of nitrogens with one attached hydrogen (secondary N) is 1. The fraction of sp³-hybridized carbons (Fsp3) is 0.688. The van der Waals surface area contributed by atoms with E-state index in [1.54, 1.807) is 4.90 Å². The van der Waals surface area contributed by atoms with Crippen LogP contribution in [0.25, 0.3) is 0 Å². The average molecular weight is 321 g/mol. The van der Waals surface area contributed by atoms with Crippen molar-refractivity contribution < 1.29 is 9.53 Å². The highest BCUT2D eigenvalue weighted by atomic mass is 16.6. The summed E-state index contributed by atoms with van der Waals surface area (Å²) >= 11 is 0. The lowest BCUT2D eigenvalue weighted by atomic mass is 10.3. The maximum absolute atomic E-state index is 11.8. The van der Waals surface area contributed by atoms with Gasteiger partial charge in [0, 0.05) is 44.0 Å². The van der Waals surface area contributed by atoms with Crippen LogP contribution in [0.15, 0.2) is 6.07 Å². The number of ether oxygens (including phenoxy) is 1. The van der Waals surface area contributed by atoms with Crippen LogP contribution < -0.4 is 10.2 Å². The minimum absolute atomic E-state index is 0.231. The van der Waals surface area contributed by atoms with E-state index in [4.69, 9.17) is 4.74 Å². The number of carbonyl (C=O) groups is 1. The first-order valence-electron chi connectivity index (χ1n) is 8.32. The highest BCUT2D eigenvalue weighted by Crippen LogP contribution is 2.18. The second-order valence-corrected chi connectivity index (χ2v) is 5.82. The zero-order valence-corrected chi connectivity index (χ0v) is 14.5. The van der Waals surface area contributed by atoms with Crippen LogP contribution in [0.2, 0.25) is 0 Å². The van der Waals surface area contributed by atoms with Crippen LogP contribution in [0.5, 0.6) is 0 Å². The van der Waals surface area contributed by atoms with Gasteiger partial charge in [0.05, 0.1) is 6.61 Å². The fourth-order valence-corrected chi connectivity index (χ4v) is 2.43. The molecule has 1 amide bonds. The maximum atomic E-state index is 11.8. The van der Waals surface area contributed by atoms with E-state index in [0.29, 0.717) is 31.7 Å². The van der Waals surface area contributed by atoms with E-state index in [-0.39, 0.29) is 6.09 Å². The number of anilines is 2. The summed E-state index contributed by atoms with van der Waals surface area (Å²) in [7, 11) is 0. The Labute approximate surface area is 138 Å². The largest absolute Gasteiger partial charge is 0.450 e. The number of aromatic nitrogens is 2. The molecule has 1 saturated heterocycles. The van der Waals surface area contributed by atoms with Crippen molar-refractivity contribution in [2.24, 2.45) is 0 Å². The molecule has 0 aliphatic carbocycles. The molecule has 1 fully saturated rings. The Morgan fingerprint density at radius 3 is 2.61 bits per heavy atom. The molecule has 0 saturated carbocycles. The van der Waals surface area contributed by atoms with Gasteiger partial charge in [-0.1, -0.05) is 6.92 Å². The van der Waals surface area contributed by atoms with Gasteiger partial charge in [-0.05, 0) is 27.2 Å². The van der Waals surface area contributed by atoms with Gasteiger partial charge >= 0.3 is 6.09 Å². The van der Waals surface area contributed by atoms with Gasteiger partial charge in [0.15, 0.2) is 0 Å².